The van der Waals surface area contributed by atoms with Crippen LogP contribution in [0, 0.1) is 0 Å². The fourth-order valence-corrected chi connectivity index (χ4v) is 1.68. The van der Waals surface area contributed by atoms with Gasteiger partial charge in [0.05, 0.1) is 25.9 Å². The fraction of sp³-hybridized carbons (Fsp3) is 0.769. The van der Waals surface area contributed by atoms with Gasteiger partial charge in [0, 0.05) is 35.8 Å². The summed E-state index contributed by atoms with van der Waals surface area (Å²) in [5.41, 5.74) is 0. The van der Waals surface area contributed by atoms with Crippen LogP contribution < -0.4 is 8.85 Å². The minimum absolute atomic E-state index is 0.00936. The summed E-state index contributed by atoms with van der Waals surface area (Å²) >= 11 is 2.03. The summed E-state index contributed by atoms with van der Waals surface area (Å²) in [7, 11) is 0. The van der Waals surface area contributed by atoms with Crippen molar-refractivity contribution in [1.29, 1.82) is 0 Å². The van der Waals surface area contributed by atoms with E-state index in [4.69, 9.17) is 9.47 Å². The predicted octanol–water partition coefficient (Wildman–Crippen LogP) is 0.402. The lowest BCUT2D eigenvalue weighted by Gasteiger charge is -2.15. The number of amides is 1. The van der Waals surface area contributed by atoms with Crippen molar-refractivity contribution in [3.63, 3.8) is 0 Å². The molecule has 0 aromatic rings. The first-order valence-corrected chi connectivity index (χ1v) is 7.83. The van der Waals surface area contributed by atoms with E-state index in [9.17, 15) is 14.4 Å². The fourth-order valence-electron chi connectivity index (χ4n) is 1.46. The highest BCUT2D eigenvalue weighted by atomic mass is 127. The van der Waals surface area contributed by atoms with Gasteiger partial charge in [-0.1, -0.05) is 0 Å². The Hall–Kier alpha value is -0.580. The molecule has 0 aromatic carbocycles. The van der Waals surface area contributed by atoms with Crippen molar-refractivity contribution in [3.05, 3.63) is 0 Å². The van der Waals surface area contributed by atoms with Gasteiger partial charge in [0.2, 0.25) is 5.91 Å². The van der Waals surface area contributed by atoms with Crippen molar-refractivity contribution in [2.45, 2.75) is 32.7 Å². The molecule has 0 heterocycles. The number of carbonyl (C=O) groups is 3. The molecular formula is C13H23IN2O5. The van der Waals surface area contributed by atoms with Gasteiger partial charge < -0.3 is 19.6 Å². The molecule has 0 aliphatic rings. The molecule has 122 valence electrons. The molecule has 21 heavy (non-hydrogen) atoms. The third-order valence-corrected chi connectivity index (χ3v) is 3.10. The van der Waals surface area contributed by atoms with E-state index in [2.05, 4.69) is 8.85 Å². The second kappa shape index (κ2) is 13.1. The number of carbonyl (C=O) groups excluding carboxylic acids is 3. The Bertz CT molecular complexity index is 339. The molecule has 1 unspecified atom stereocenters. The molecule has 0 fully saturated rings. The van der Waals surface area contributed by atoms with E-state index in [0.717, 1.165) is 6.54 Å². The van der Waals surface area contributed by atoms with Crippen LogP contribution in [0.3, 0.4) is 0 Å². The average molecular weight is 414 g/mol. The molecule has 1 atom stereocenters. The molecule has 0 aliphatic carbocycles. The van der Waals surface area contributed by atoms with Gasteiger partial charge >= 0.3 is 0 Å². The topological polar surface area (TPSA) is 93.7 Å². The number of rotatable bonds is 13. The molecule has 0 spiro atoms. The van der Waals surface area contributed by atoms with Gasteiger partial charge in [0.25, 0.3) is 0 Å². The Morgan fingerprint density at radius 1 is 1.10 bits per heavy atom. The van der Waals surface area contributed by atoms with E-state index < -0.39 is 6.04 Å². The summed E-state index contributed by atoms with van der Waals surface area (Å²) < 4.78 is 13.3. The normalized spacial score (nSPS) is 12.0. The molecular weight excluding hydrogens is 391 g/mol. The minimum Gasteiger partial charge on any atom is -0.378 e. The first kappa shape index (κ1) is 20.4. The lowest BCUT2D eigenvalue weighted by atomic mass is 10.1. The molecule has 0 saturated carbocycles. The molecule has 1 amide bonds. The van der Waals surface area contributed by atoms with Gasteiger partial charge in [-0.3, -0.25) is 13.1 Å². The molecule has 0 rings (SSSR count). The van der Waals surface area contributed by atoms with E-state index in [1.807, 2.05) is 22.9 Å². The van der Waals surface area contributed by atoms with Crippen molar-refractivity contribution in [3.8, 4) is 0 Å². The van der Waals surface area contributed by atoms with Gasteiger partial charge in [0.1, 0.15) is 12.4 Å². The lowest BCUT2D eigenvalue weighted by Crippen LogP contribution is -2.41. The Labute approximate surface area is 139 Å². The van der Waals surface area contributed by atoms with Crippen LogP contribution in [0.5, 0.6) is 0 Å². The number of ketones is 2. The van der Waals surface area contributed by atoms with Crippen molar-refractivity contribution >= 4 is 40.3 Å². The van der Waals surface area contributed by atoms with Crippen LogP contribution in [0.1, 0.15) is 26.7 Å². The van der Waals surface area contributed by atoms with E-state index in [-0.39, 0.29) is 30.5 Å². The summed E-state index contributed by atoms with van der Waals surface area (Å²) in [6.45, 7) is 4.76. The molecule has 0 aromatic heterocycles. The van der Waals surface area contributed by atoms with Crippen molar-refractivity contribution in [2.75, 3.05) is 33.0 Å². The molecule has 2 N–H and O–H groups in total. The number of halogens is 1. The number of ether oxygens (including phenoxy) is 2. The Kier molecular flexibility index (Phi) is 12.7. The van der Waals surface area contributed by atoms with Crippen LogP contribution >= 0.6 is 22.9 Å². The van der Waals surface area contributed by atoms with E-state index in [1.54, 1.807) is 0 Å². The van der Waals surface area contributed by atoms with E-state index in [1.165, 1.54) is 13.8 Å². The maximum Gasteiger partial charge on any atom is 0.246 e. The van der Waals surface area contributed by atoms with Gasteiger partial charge in [-0.2, -0.15) is 0 Å². The zero-order valence-electron chi connectivity index (χ0n) is 12.4. The molecule has 8 heteroatoms. The third kappa shape index (κ3) is 12.8. The molecule has 0 bridgehead atoms. The number of hydrogen-bond donors (Lipinski definition) is 2. The minimum atomic E-state index is -0.629. The van der Waals surface area contributed by atoms with Crippen LogP contribution in [0.4, 0.5) is 0 Å². The Balaban J connectivity index is 3.78. The van der Waals surface area contributed by atoms with E-state index >= 15 is 0 Å². The summed E-state index contributed by atoms with van der Waals surface area (Å²) in [4.78, 5) is 33.9. The van der Waals surface area contributed by atoms with Crippen molar-refractivity contribution in [2.24, 2.45) is 0 Å². The largest absolute Gasteiger partial charge is 0.378 e. The first-order chi connectivity index (χ1) is 9.97. The first-order valence-electron chi connectivity index (χ1n) is 6.75. The lowest BCUT2D eigenvalue weighted by molar-refractivity contribution is -0.130. The summed E-state index contributed by atoms with van der Waals surface area (Å²) in [6.07, 6.45) is 0.590. The predicted molar refractivity (Wildman–Crippen MR) is 86.2 cm³/mol. The smallest absolute Gasteiger partial charge is 0.246 e. The molecule has 0 aliphatic heterocycles. The highest BCUT2D eigenvalue weighted by molar-refractivity contribution is 14.1. The highest BCUT2D eigenvalue weighted by Crippen LogP contribution is 2.00. The number of hydrogen-bond acceptors (Lipinski definition) is 6. The Morgan fingerprint density at radius 2 is 1.76 bits per heavy atom. The van der Waals surface area contributed by atoms with Gasteiger partial charge in [-0.05, 0) is 20.3 Å². The maximum absolute atomic E-state index is 11.6. The molecule has 0 radical (unpaired) electrons. The van der Waals surface area contributed by atoms with Crippen LogP contribution in [0.15, 0.2) is 0 Å². The third-order valence-electron chi connectivity index (χ3n) is 2.56. The van der Waals surface area contributed by atoms with Crippen LogP contribution in [0.2, 0.25) is 0 Å². The zero-order valence-corrected chi connectivity index (χ0v) is 14.6. The summed E-state index contributed by atoms with van der Waals surface area (Å²) in [5.74, 6) is -0.545. The van der Waals surface area contributed by atoms with Crippen molar-refractivity contribution < 1.29 is 23.9 Å². The maximum atomic E-state index is 11.6. The second-order valence-corrected chi connectivity index (χ2v) is 5.28. The standard InChI is InChI=1S/C13H23IN2O5/c1-10(17)3-4-12(11(2)18)16-13(19)9-21-8-7-20-6-5-15-14/h12,15H,3-9H2,1-2H3,(H,16,19). The van der Waals surface area contributed by atoms with Crippen LogP contribution in [0.25, 0.3) is 0 Å². The molecule has 0 saturated heterocycles. The number of Topliss-reactive ketones (excluding diaryl/α,β-unsaturated/α-hetero) is 2. The quantitative estimate of drug-likeness (QED) is 0.258. The van der Waals surface area contributed by atoms with Gasteiger partial charge in [-0.25, -0.2) is 0 Å². The van der Waals surface area contributed by atoms with Crippen molar-refractivity contribution in [1.82, 2.24) is 8.85 Å². The summed E-state index contributed by atoms with van der Waals surface area (Å²) in [6, 6.07) is -0.629. The second-order valence-electron chi connectivity index (χ2n) is 4.52. The van der Waals surface area contributed by atoms with Gasteiger partial charge in [0.15, 0.2) is 5.78 Å². The average Bonchev–Trinajstić information content (AvgIpc) is 2.41. The summed E-state index contributed by atoms with van der Waals surface area (Å²) in [5, 5.41) is 2.57. The van der Waals surface area contributed by atoms with Crippen LogP contribution in [-0.2, 0) is 23.9 Å². The zero-order chi connectivity index (χ0) is 16.1. The molecule has 7 nitrogen and oxygen atoms in total. The van der Waals surface area contributed by atoms with Gasteiger partial charge in [-0.15, -0.1) is 0 Å². The Morgan fingerprint density at radius 3 is 2.33 bits per heavy atom. The monoisotopic (exact) mass is 414 g/mol. The van der Waals surface area contributed by atoms with E-state index in [0.29, 0.717) is 26.2 Å². The highest BCUT2D eigenvalue weighted by Gasteiger charge is 2.17. The van der Waals surface area contributed by atoms with Crippen LogP contribution in [-0.4, -0.2) is 56.5 Å². The number of nitrogens with one attached hydrogen (secondary N) is 2. The SMILES string of the molecule is CC(=O)CCC(NC(=O)COCCOCCNI)C(C)=O.